The van der Waals surface area contributed by atoms with E-state index in [4.69, 9.17) is 34.8 Å². The van der Waals surface area contributed by atoms with Crippen LogP contribution in [0.3, 0.4) is 0 Å². The van der Waals surface area contributed by atoms with Gasteiger partial charge < -0.3 is 10.2 Å². The second kappa shape index (κ2) is 5.65. The molecule has 0 aliphatic rings. The van der Waals surface area contributed by atoms with Gasteiger partial charge in [-0.2, -0.15) is 0 Å². The van der Waals surface area contributed by atoms with E-state index >= 15 is 0 Å². The van der Waals surface area contributed by atoms with Crippen LogP contribution in [0.15, 0.2) is 40.6 Å². The Hall–Kier alpha value is -1.49. The van der Waals surface area contributed by atoms with Gasteiger partial charge in [0.05, 0.1) is 5.02 Å². The molecule has 0 unspecified atom stereocenters. The Bertz CT molecular complexity index is 660. The number of aromatic hydroxyl groups is 2. The highest BCUT2D eigenvalue weighted by atomic mass is 35.5. The van der Waals surface area contributed by atoms with E-state index in [1.54, 1.807) is 0 Å². The van der Waals surface area contributed by atoms with Gasteiger partial charge in [0.25, 0.3) is 0 Å². The van der Waals surface area contributed by atoms with Crippen molar-refractivity contribution >= 4 is 46.2 Å². The van der Waals surface area contributed by atoms with E-state index in [2.05, 4.69) is 10.2 Å². The molecule has 98 valence electrons. The molecule has 0 aromatic heterocycles. The predicted molar refractivity (Wildman–Crippen MR) is 75.4 cm³/mol. The molecule has 0 amide bonds. The molecule has 0 aliphatic carbocycles. The van der Waals surface area contributed by atoms with Crippen LogP contribution in [-0.4, -0.2) is 10.2 Å². The summed E-state index contributed by atoms with van der Waals surface area (Å²) in [5.74, 6) is -0.322. The number of hydrogen-bond donors (Lipinski definition) is 2. The quantitative estimate of drug-likeness (QED) is 0.721. The van der Waals surface area contributed by atoms with Crippen molar-refractivity contribution < 1.29 is 10.2 Å². The third-order valence-corrected chi connectivity index (χ3v) is 2.95. The molecule has 19 heavy (non-hydrogen) atoms. The van der Waals surface area contributed by atoms with Crippen molar-refractivity contribution in [2.45, 2.75) is 0 Å². The van der Waals surface area contributed by atoms with Crippen molar-refractivity contribution in [3.63, 3.8) is 0 Å². The van der Waals surface area contributed by atoms with E-state index < -0.39 is 0 Å². The molecular formula is C12H7Cl3N2O2. The Morgan fingerprint density at radius 2 is 1.42 bits per heavy atom. The molecule has 0 atom stereocenters. The second-order valence-electron chi connectivity index (χ2n) is 3.59. The van der Waals surface area contributed by atoms with Crippen LogP contribution in [0.25, 0.3) is 0 Å². The maximum atomic E-state index is 9.69. The summed E-state index contributed by atoms with van der Waals surface area (Å²) >= 11 is 17.3. The number of nitrogens with zero attached hydrogens (tertiary/aromatic N) is 2. The molecule has 4 nitrogen and oxygen atoms in total. The van der Waals surface area contributed by atoms with Crippen LogP contribution in [0.4, 0.5) is 11.4 Å². The average Bonchev–Trinajstić information content (AvgIpc) is 2.35. The van der Waals surface area contributed by atoms with Gasteiger partial charge in [-0.3, -0.25) is 0 Å². The fourth-order valence-electron chi connectivity index (χ4n) is 1.31. The molecule has 2 rings (SSSR count). The lowest BCUT2D eigenvalue weighted by Gasteiger charge is -2.02. The van der Waals surface area contributed by atoms with E-state index in [1.807, 2.05) is 0 Å². The molecule has 0 bridgehead atoms. The van der Waals surface area contributed by atoms with Gasteiger partial charge in [0.1, 0.15) is 17.1 Å². The molecule has 0 aliphatic heterocycles. The molecule has 0 saturated heterocycles. The number of hydrogen-bond acceptors (Lipinski definition) is 4. The Labute approximate surface area is 123 Å². The normalized spacial score (nSPS) is 11.1. The summed E-state index contributed by atoms with van der Waals surface area (Å²) in [5, 5.41) is 27.6. The minimum Gasteiger partial charge on any atom is -0.506 e. The molecule has 0 heterocycles. The minimum absolute atomic E-state index is 0.0665. The summed E-state index contributed by atoms with van der Waals surface area (Å²) in [4.78, 5) is 0. The lowest BCUT2D eigenvalue weighted by atomic mass is 10.3. The number of phenolic OH excluding ortho intramolecular Hbond substituents is 2. The van der Waals surface area contributed by atoms with E-state index in [9.17, 15) is 10.2 Å². The molecule has 2 aromatic rings. The van der Waals surface area contributed by atoms with E-state index in [1.165, 1.54) is 30.3 Å². The van der Waals surface area contributed by atoms with Crippen molar-refractivity contribution in [1.82, 2.24) is 0 Å². The largest absolute Gasteiger partial charge is 0.506 e. The first-order chi connectivity index (χ1) is 8.97. The summed E-state index contributed by atoms with van der Waals surface area (Å²) in [6, 6.07) is 7.12. The molecule has 7 heteroatoms. The average molecular weight is 318 g/mol. The van der Waals surface area contributed by atoms with Crippen LogP contribution in [0, 0.1) is 0 Å². The Morgan fingerprint density at radius 3 is 2.16 bits per heavy atom. The molecule has 0 saturated carbocycles. The molecule has 0 spiro atoms. The first-order valence-electron chi connectivity index (χ1n) is 5.05. The zero-order valence-corrected chi connectivity index (χ0v) is 11.6. The van der Waals surface area contributed by atoms with Crippen LogP contribution < -0.4 is 0 Å². The number of rotatable bonds is 2. The first-order valence-corrected chi connectivity index (χ1v) is 6.19. The molecule has 2 N–H and O–H groups in total. The smallest absolute Gasteiger partial charge is 0.161 e. The van der Waals surface area contributed by atoms with Crippen molar-refractivity contribution in [1.29, 1.82) is 0 Å². The summed E-state index contributed by atoms with van der Waals surface area (Å²) in [7, 11) is 0. The summed E-state index contributed by atoms with van der Waals surface area (Å²) < 4.78 is 0. The highest BCUT2D eigenvalue weighted by Crippen LogP contribution is 2.38. The van der Waals surface area contributed by atoms with E-state index in [0.717, 1.165) is 0 Å². The molecular weight excluding hydrogens is 311 g/mol. The predicted octanol–water partition coefficient (Wildman–Crippen LogP) is 5.47. The van der Waals surface area contributed by atoms with Crippen molar-refractivity contribution in [3.05, 3.63) is 45.4 Å². The van der Waals surface area contributed by atoms with Crippen LogP contribution in [0.1, 0.15) is 0 Å². The van der Waals surface area contributed by atoms with Gasteiger partial charge in [-0.15, -0.1) is 10.2 Å². The number of halogens is 3. The fraction of sp³-hybridized carbons (Fsp3) is 0. The highest BCUT2D eigenvalue weighted by molar-refractivity contribution is 6.36. The summed E-state index contributed by atoms with van der Waals surface area (Å²) in [5.41, 5.74) is 0.264. The lowest BCUT2D eigenvalue weighted by molar-refractivity contribution is 0.474. The monoisotopic (exact) mass is 316 g/mol. The van der Waals surface area contributed by atoms with E-state index in [0.29, 0.717) is 10.0 Å². The standard InChI is InChI=1S/C12H7Cl3N2O2/c13-6-1-2-11(18)9(4-6)16-17-10-5-7(14)3-8(15)12(10)19/h1-5,18-19H. The number of phenols is 2. The van der Waals surface area contributed by atoms with Crippen LogP contribution in [0.5, 0.6) is 11.5 Å². The first kappa shape index (κ1) is 13.9. The van der Waals surface area contributed by atoms with E-state index in [-0.39, 0.29) is 27.9 Å². The van der Waals surface area contributed by atoms with Gasteiger partial charge in [0.15, 0.2) is 5.75 Å². The summed E-state index contributed by atoms with van der Waals surface area (Å²) in [6.07, 6.45) is 0. The Kier molecular flexibility index (Phi) is 4.14. The Morgan fingerprint density at radius 1 is 0.789 bits per heavy atom. The number of benzene rings is 2. The van der Waals surface area contributed by atoms with Gasteiger partial charge in [0.2, 0.25) is 0 Å². The van der Waals surface area contributed by atoms with Crippen molar-refractivity contribution in [2.24, 2.45) is 10.2 Å². The van der Waals surface area contributed by atoms with Gasteiger partial charge >= 0.3 is 0 Å². The zero-order valence-electron chi connectivity index (χ0n) is 9.31. The lowest BCUT2D eigenvalue weighted by Crippen LogP contribution is -1.73. The second-order valence-corrected chi connectivity index (χ2v) is 4.87. The molecule has 0 fully saturated rings. The van der Waals surface area contributed by atoms with Crippen molar-refractivity contribution in [3.8, 4) is 11.5 Å². The highest BCUT2D eigenvalue weighted by Gasteiger charge is 2.08. The van der Waals surface area contributed by atoms with Gasteiger partial charge in [0, 0.05) is 10.0 Å². The van der Waals surface area contributed by atoms with Gasteiger partial charge in [-0.05, 0) is 30.3 Å². The topological polar surface area (TPSA) is 65.2 Å². The van der Waals surface area contributed by atoms with Crippen LogP contribution in [0.2, 0.25) is 15.1 Å². The third kappa shape index (κ3) is 3.29. The zero-order chi connectivity index (χ0) is 14.0. The maximum absolute atomic E-state index is 9.69. The SMILES string of the molecule is Oc1ccc(Cl)cc1N=Nc1cc(Cl)cc(Cl)c1O. The van der Waals surface area contributed by atoms with Crippen LogP contribution >= 0.6 is 34.8 Å². The van der Waals surface area contributed by atoms with Crippen LogP contribution in [-0.2, 0) is 0 Å². The number of azo groups is 1. The molecule has 0 radical (unpaired) electrons. The molecule has 2 aromatic carbocycles. The minimum atomic E-state index is -0.240. The van der Waals surface area contributed by atoms with Crippen molar-refractivity contribution in [2.75, 3.05) is 0 Å². The van der Waals surface area contributed by atoms with Gasteiger partial charge in [-0.25, -0.2) is 0 Å². The third-order valence-electron chi connectivity index (χ3n) is 2.21. The Balaban J connectivity index is 2.40. The summed E-state index contributed by atoms with van der Waals surface area (Å²) in [6.45, 7) is 0. The fourth-order valence-corrected chi connectivity index (χ4v) is 1.96. The van der Waals surface area contributed by atoms with Gasteiger partial charge in [-0.1, -0.05) is 34.8 Å². The maximum Gasteiger partial charge on any atom is 0.161 e.